The number of H-pyrrole nitrogens is 2. The van der Waals surface area contributed by atoms with Gasteiger partial charge in [-0.3, -0.25) is 19.8 Å². The molecule has 0 aliphatic rings. The highest BCUT2D eigenvalue weighted by atomic mass is 16.1. The average Bonchev–Trinajstić information content (AvgIpc) is 3.55. The number of hydrogen-bond acceptors (Lipinski definition) is 6. The van der Waals surface area contributed by atoms with Crippen LogP contribution in [0.5, 0.6) is 0 Å². The van der Waals surface area contributed by atoms with E-state index < -0.39 is 0 Å². The molecule has 2 N–H and O–H groups in total. The number of rotatable bonds is 6. The van der Waals surface area contributed by atoms with Gasteiger partial charge in [0.05, 0.1) is 0 Å². The van der Waals surface area contributed by atoms with E-state index in [0.29, 0.717) is 45.6 Å². The van der Waals surface area contributed by atoms with E-state index in [1.165, 1.54) is 13.8 Å². The Bertz CT molecular complexity index is 1420. The van der Waals surface area contributed by atoms with Gasteiger partial charge in [0.2, 0.25) is 0 Å². The van der Waals surface area contributed by atoms with E-state index in [-0.39, 0.29) is 11.6 Å². The molecule has 34 heavy (non-hydrogen) atoms. The monoisotopic (exact) mass is 448 g/mol. The van der Waals surface area contributed by atoms with E-state index in [9.17, 15) is 9.59 Å². The molecule has 0 saturated heterocycles. The molecule has 0 spiro atoms. The minimum absolute atomic E-state index is 0.0395. The highest BCUT2D eigenvalue weighted by Crippen LogP contribution is 2.27. The molecule has 0 radical (unpaired) electrons. The van der Waals surface area contributed by atoms with Gasteiger partial charge in [-0.1, -0.05) is 66.7 Å². The maximum Gasteiger partial charge on any atom is 0.181 e. The number of hydrogen-bond donors (Lipinski definition) is 2. The van der Waals surface area contributed by atoms with Crippen molar-refractivity contribution < 1.29 is 9.59 Å². The van der Waals surface area contributed by atoms with Crippen LogP contribution in [0.2, 0.25) is 0 Å². The van der Waals surface area contributed by atoms with Crippen molar-refractivity contribution in [1.29, 1.82) is 0 Å². The summed E-state index contributed by atoms with van der Waals surface area (Å²) in [7, 11) is 0. The molecule has 0 fully saturated rings. The minimum Gasteiger partial charge on any atom is -0.294 e. The zero-order chi connectivity index (χ0) is 23.7. The summed E-state index contributed by atoms with van der Waals surface area (Å²) in [5.41, 5.74) is 4.11. The molecule has 8 heteroatoms. The Hall–Kier alpha value is -4.72. The normalized spacial score (nSPS) is 10.9. The van der Waals surface area contributed by atoms with Crippen LogP contribution in [-0.2, 0) is 0 Å². The van der Waals surface area contributed by atoms with Gasteiger partial charge in [0.25, 0.3) is 0 Å². The van der Waals surface area contributed by atoms with Gasteiger partial charge in [0, 0.05) is 33.4 Å². The summed E-state index contributed by atoms with van der Waals surface area (Å²) in [4.78, 5) is 33.2. The van der Waals surface area contributed by atoms with Crippen molar-refractivity contribution in [3.8, 4) is 45.6 Å². The van der Waals surface area contributed by atoms with Crippen LogP contribution in [0.4, 0.5) is 0 Å². The Balaban J connectivity index is 1.48. The summed E-state index contributed by atoms with van der Waals surface area (Å²) in [6.07, 6.45) is 0. The first-order valence-electron chi connectivity index (χ1n) is 10.7. The summed E-state index contributed by atoms with van der Waals surface area (Å²) < 4.78 is 0. The fraction of sp³-hybridized carbons (Fsp3) is 0.0769. The van der Waals surface area contributed by atoms with Crippen LogP contribution in [-0.4, -0.2) is 41.9 Å². The number of nitrogens with one attached hydrogen (secondary N) is 2. The molecular weight excluding hydrogens is 428 g/mol. The average molecular weight is 448 g/mol. The van der Waals surface area contributed by atoms with Crippen molar-refractivity contribution in [1.82, 2.24) is 30.4 Å². The molecule has 0 aliphatic heterocycles. The second-order valence-electron chi connectivity index (χ2n) is 7.80. The standard InChI is InChI=1S/C26H20N6O2/c1-15(33)19-10-3-5-12-21(19)25-27-23(29-31-25)17-8-7-9-18(14-17)24-28-26(32-30-24)22-13-6-4-11-20(22)16(2)34/h3-14H,1-2H3,(H,27,29,31)(H,28,30,32). The lowest BCUT2D eigenvalue weighted by Gasteiger charge is -2.03. The molecule has 5 rings (SSSR count). The van der Waals surface area contributed by atoms with E-state index in [2.05, 4.69) is 30.4 Å². The Labute approximate surface area is 195 Å². The lowest BCUT2D eigenvalue weighted by molar-refractivity contribution is 0.101. The van der Waals surface area contributed by atoms with Crippen LogP contribution in [0.15, 0.2) is 72.8 Å². The number of nitrogens with zero attached hydrogens (tertiary/aromatic N) is 4. The number of carbonyl (C=O) groups is 2. The second kappa shape index (κ2) is 8.67. The number of aromatic nitrogens is 6. The van der Waals surface area contributed by atoms with E-state index >= 15 is 0 Å². The van der Waals surface area contributed by atoms with E-state index in [4.69, 9.17) is 0 Å². The third kappa shape index (κ3) is 3.93. The lowest BCUT2D eigenvalue weighted by atomic mass is 10.0. The van der Waals surface area contributed by atoms with Gasteiger partial charge < -0.3 is 0 Å². The predicted octanol–water partition coefficient (Wildman–Crippen LogP) is 5.00. The third-order valence-corrected chi connectivity index (χ3v) is 5.47. The number of Topliss-reactive ketones (excluding diaryl/α,β-unsaturated/α-hetero) is 2. The largest absolute Gasteiger partial charge is 0.294 e. The molecule has 2 aromatic heterocycles. The molecule has 2 heterocycles. The van der Waals surface area contributed by atoms with E-state index in [1.54, 1.807) is 12.1 Å². The fourth-order valence-corrected chi connectivity index (χ4v) is 3.81. The Morgan fingerprint density at radius 1 is 0.618 bits per heavy atom. The van der Waals surface area contributed by atoms with Gasteiger partial charge in [-0.05, 0) is 19.9 Å². The maximum absolute atomic E-state index is 12.0. The van der Waals surface area contributed by atoms with Gasteiger partial charge in [0.1, 0.15) is 0 Å². The first-order chi connectivity index (χ1) is 16.5. The quantitative estimate of drug-likeness (QED) is 0.353. The van der Waals surface area contributed by atoms with Crippen LogP contribution >= 0.6 is 0 Å². The molecule has 0 bridgehead atoms. The van der Waals surface area contributed by atoms with Crippen LogP contribution in [0.25, 0.3) is 45.6 Å². The Morgan fingerprint density at radius 2 is 1.06 bits per heavy atom. The first-order valence-corrected chi connectivity index (χ1v) is 10.7. The summed E-state index contributed by atoms with van der Waals surface area (Å²) >= 11 is 0. The fourth-order valence-electron chi connectivity index (χ4n) is 3.81. The van der Waals surface area contributed by atoms with Gasteiger partial charge in [0.15, 0.2) is 34.9 Å². The summed E-state index contributed by atoms with van der Waals surface area (Å²) in [5, 5.41) is 14.6. The number of carbonyl (C=O) groups excluding carboxylic acids is 2. The smallest absolute Gasteiger partial charge is 0.181 e. The molecule has 0 atom stereocenters. The first kappa shape index (κ1) is 21.1. The highest BCUT2D eigenvalue weighted by Gasteiger charge is 2.16. The predicted molar refractivity (Wildman–Crippen MR) is 128 cm³/mol. The van der Waals surface area contributed by atoms with Crippen molar-refractivity contribution in [2.75, 3.05) is 0 Å². The molecule has 0 unspecified atom stereocenters. The topological polar surface area (TPSA) is 117 Å². The minimum atomic E-state index is -0.0395. The Kier molecular flexibility index (Phi) is 5.39. The van der Waals surface area contributed by atoms with Crippen molar-refractivity contribution in [3.63, 3.8) is 0 Å². The Morgan fingerprint density at radius 3 is 1.50 bits per heavy atom. The summed E-state index contributed by atoms with van der Waals surface area (Å²) in [6.45, 7) is 3.05. The van der Waals surface area contributed by atoms with Crippen molar-refractivity contribution in [3.05, 3.63) is 83.9 Å². The molecule has 0 saturated carbocycles. The highest BCUT2D eigenvalue weighted by molar-refractivity contribution is 6.00. The van der Waals surface area contributed by atoms with Gasteiger partial charge >= 0.3 is 0 Å². The number of ketones is 2. The van der Waals surface area contributed by atoms with Crippen molar-refractivity contribution in [2.45, 2.75) is 13.8 Å². The third-order valence-electron chi connectivity index (χ3n) is 5.47. The SMILES string of the molecule is CC(=O)c1ccccc1-c1nc(-c2cccc(-c3n[nH]c(-c4ccccc4C(C)=O)n3)c2)n[nH]1. The summed E-state index contributed by atoms with van der Waals surface area (Å²) in [5.74, 6) is 1.95. The summed E-state index contributed by atoms with van der Waals surface area (Å²) in [6, 6.07) is 22.1. The van der Waals surface area contributed by atoms with Crippen molar-refractivity contribution in [2.24, 2.45) is 0 Å². The number of aromatic amines is 2. The van der Waals surface area contributed by atoms with Gasteiger partial charge in [-0.2, -0.15) is 10.2 Å². The zero-order valence-corrected chi connectivity index (χ0v) is 18.5. The molecule has 8 nitrogen and oxygen atoms in total. The van der Waals surface area contributed by atoms with Crippen LogP contribution in [0, 0.1) is 0 Å². The molecule has 5 aromatic rings. The van der Waals surface area contributed by atoms with Crippen LogP contribution in [0.3, 0.4) is 0 Å². The van der Waals surface area contributed by atoms with E-state index in [1.807, 2.05) is 60.7 Å². The number of benzene rings is 3. The molecule has 0 amide bonds. The van der Waals surface area contributed by atoms with Crippen LogP contribution in [0.1, 0.15) is 34.6 Å². The van der Waals surface area contributed by atoms with Crippen molar-refractivity contribution >= 4 is 11.6 Å². The molecule has 0 aliphatic carbocycles. The van der Waals surface area contributed by atoms with Gasteiger partial charge in [-0.15, -0.1) is 0 Å². The molecule has 3 aromatic carbocycles. The molecular formula is C26H20N6O2. The second-order valence-corrected chi connectivity index (χ2v) is 7.80. The zero-order valence-electron chi connectivity index (χ0n) is 18.5. The molecule has 166 valence electrons. The van der Waals surface area contributed by atoms with E-state index in [0.717, 1.165) is 11.1 Å². The lowest BCUT2D eigenvalue weighted by Crippen LogP contribution is -1.96. The van der Waals surface area contributed by atoms with Crippen LogP contribution < -0.4 is 0 Å². The maximum atomic E-state index is 12.0. The van der Waals surface area contributed by atoms with Gasteiger partial charge in [-0.25, -0.2) is 9.97 Å².